The molecule has 1 rings (SSSR count). The Morgan fingerprint density at radius 1 is 1.24 bits per heavy atom. The number of sulfonamides is 1. The second-order valence-corrected chi connectivity index (χ2v) is 6.96. The third-order valence-electron chi connectivity index (χ3n) is 3.19. The van der Waals surface area contributed by atoms with Gasteiger partial charge in [0.1, 0.15) is 12.4 Å². The van der Waals surface area contributed by atoms with Crippen LogP contribution in [0.3, 0.4) is 0 Å². The molecule has 6 heteroatoms. The van der Waals surface area contributed by atoms with Crippen LogP contribution in [0.5, 0.6) is 5.75 Å². The van der Waals surface area contributed by atoms with Crippen LogP contribution in [-0.2, 0) is 14.8 Å². The molecule has 0 bridgehead atoms. The highest BCUT2D eigenvalue weighted by atomic mass is 32.2. The van der Waals surface area contributed by atoms with Gasteiger partial charge in [-0.05, 0) is 44.5 Å². The van der Waals surface area contributed by atoms with E-state index in [1.54, 1.807) is 25.3 Å². The van der Waals surface area contributed by atoms with Crippen LogP contribution in [0, 0.1) is 6.92 Å². The van der Waals surface area contributed by atoms with E-state index in [0.29, 0.717) is 30.4 Å². The fraction of sp³-hybridized carbons (Fsp3) is 0.600. The Bertz CT molecular complexity index is 555. The fourth-order valence-electron chi connectivity index (χ4n) is 2.13. The van der Waals surface area contributed by atoms with E-state index >= 15 is 0 Å². The summed E-state index contributed by atoms with van der Waals surface area (Å²) in [7, 11) is -1.85. The monoisotopic (exact) mass is 315 g/mol. The lowest BCUT2D eigenvalue weighted by atomic mass is 10.2. The highest BCUT2D eigenvalue weighted by molar-refractivity contribution is 7.89. The number of nitrogens with zero attached hydrogens (tertiary/aromatic N) is 1. The van der Waals surface area contributed by atoms with Gasteiger partial charge in [-0.2, -0.15) is 4.31 Å². The van der Waals surface area contributed by atoms with Crippen LogP contribution in [0.1, 0.15) is 26.3 Å². The van der Waals surface area contributed by atoms with Crippen molar-refractivity contribution in [1.29, 1.82) is 0 Å². The van der Waals surface area contributed by atoms with E-state index in [1.165, 1.54) is 4.31 Å². The maximum atomic E-state index is 12.6. The lowest BCUT2D eigenvalue weighted by molar-refractivity contribution is 0.146. The van der Waals surface area contributed by atoms with Gasteiger partial charge in [-0.1, -0.05) is 6.92 Å². The molecule has 0 saturated carbocycles. The van der Waals surface area contributed by atoms with Gasteiger partial charge in [-0.15, -0.1) is 0 Å². The molecule has 0 heterocycles. The Kier molecular flexibility index (Phi) is 6.64. The first-order valence-electron chi connectivity index (χ1n) is 7.08. The zero-order chi connectivity index (χ0) is 16.0. The average Bonchev–Trinajstić information content (AvgIpc) is 2.40. The average molecular weight is 315 g/mol. The minimum atomic E-state index is -3.46. The summed E-state index contributed by atoms with van der Waals surface area (Å²) in [4.78, 5) is 0.301. The predicted octanol–water partition coefficient (Wildman–Crippen LogP) is 2.44. The number of rotatable bonds is 8. The van der Waals surface area contributed by atoms with Gasteiger partial charge in [0.25, 0.3) is 0 Å². The predicted molar refractivity (Wildman–Crippen MR) is 83.3 cm³/mol. The lowest BCUT2D eigenvalue weighted by Gasteiger charge is -2.24. The van der Waals surface area contributed by atoms with Gasteiger partial charge in [0.15, 0.2) is 0 Å². The zero-order valence-corrected chi connectivity index (χ0v) is 14.2. The second-order valence-electron chi connectivity index (χ2n) is 5.07. The molecular formula is C15H25NO4S. The van der Waals surface area contributed by atoms with Crippen molar-refractivity contribution < 1.29 is 17.9 Å². The van der Waals surface area contributed by atoms with E-state index in [4.69, 9.17) is 9.47 Å². The van der Waals surface area contributed by atoms with Crippen LogP contribution in [0.4, 0.5) is 0 Å². The minimum Gasteiger partial charge on any atom is -0.491 e. The van der Waals surface area contributed by atoms with Crippen LogP contribution in [-0.4, -0.2) is 45.6 Å². The summed E-state index contributed by atoms with van der Waals surface area (Å²) in [5.41, 5.74) is 0.798. The summed E-state index contributed by atoms with van der Waals surface area (Å²) in [6.45, 7) is 8.81. The smallest absolute Gasteiger partial charge is 0.243 e. The number of ether oxygens (including phenoxy) is 2. The van der Waals surface area contributed by atoms with Crippen molar-refractivity contribution in [3.63, 3.8) is 0 Å². The molecule has 0 saturated heterocycles. The van der Waals surface area contributed by atoms with Gasteiger partial charge in [0, 0.05) is 19.7 Å². The zero-order valence-electron chi connectivity index (χ0n) is 13.4. The molecule has 0 atom stereocenters. The van der Waals surface area contributed by atoms with E-state index < -0.39 is 10.0 Å². The third-order valence-corrected chi connectivity index (χ3v) is 5.33. The largest absolute Gasteiger partial charge is 0.491 e. The first-order valence-corrected chi connectivity index (χ1v) is 8.52. The standard InChI is InChI=1S/C15H25NO4S/c1-6-16(12(2)3)21(17,18)14-7-8-15(13(4)11-14)20-10-9-19-5/h7-8,11-12H,6,9-10H2,1-5H3. The molecular weight excluding hydrogens is 290 g/mol. The Balaban J connectivity index is 3.02. The molecule has 1 aromatic carbocycles. The van der Waals surface area contributed by atoms with Crippen molar-refractivity contribution in [3.8, 4) is 5.75 Å². The molecule has 0 N–H and O–H groups in total. The maximum Gasteiger partial charge on any atom is 0.243 e. The second kappa shape index (κ2) is 7.77. The van der Waals surface area contributed by atoms with Gasteiger partial charge in [0.05, 0.1) is 11.5 Å². The van der Waals surface area contributed by atoms with Gasteiger partial charge in [0.2, 0.25) is 10.0 Å². The molecule has 0 aliphatic carbocycles. The van der Waals surface area contributed by atoms with Crippen LogP contribution in [0.2, 0.25) is 0 Å². The topological polar surface area (TPSA) is 55.8 Å². The molecule has 120 valence electrons. The Hall–Kier alpha value is -1.11. The summed E-state index contributed by atoms with van der Waals surface area (Å²) < 4.78 is 37.1. The molecule has 21 heavy (non-hydrogen) atoms. The highest BCUT2D eigenvalue weighted by Crippen LogP contribution is 2.24. The van der Waals surface area contributed by atoms with Crippen molar-refractivity contribution in [2.24, 2.45) is 0 Å². The Morgan fingerprint density at radius 3 is 2.38 bits per heavy atom. The first-order chi connectivity index (χ1) is 9.84. The number of hydrogen-bond donors (Lipinski definition) is 0. The fourth-order valence-corrected chi connectivity index (χ4v) is 3.86. The molecule has 0 aromatic heterocycles. The number of methoxy groups -OCH3 is 1. The van der Waals surface area contributed by atoms with E-state index in [9.17, 15) is 8.42 Å². The van der Waals surface area contributed by atoms with E-state index in [2.05, 4.69) is 0 Å². The molecule has 0 aliphatic heterocycles. The normalized spacial score (nSPS) is 12.1. The van der Waals surface area contributed by atoms with E-state index in [1.807, 2.05) is 27.7 Å². The molecule has 0 spiro atoms. The van der Waals surface area contributed by atoms with Gasteiger partial charge in [-0.25, -0.2) is 8.42 Å². The van der Waals surface area contributed by atoms with Crippen LogP contribution in [0.25, 0.3) is 0 Å². The number of benzene rings is 1. The Morgan fingerprint density at radius 2 is 1.90 bits per heavy atom. The van der Waals surface area contributed by atoms with Gasteiger partial charge in [-0.3, -0.25) is 0 Å². The summed E-state index contributed by atoms with van der Waals surface area (Å²) in [6, 6.07) is 4.88. The van der Waals surface area contributed by atoms with Gasteiger partial charge >= 0.3 is 0 Å². The molecule has 0 amide bonds. The minimum absolute atomic E-state index is 0.0714. The van der Waals surface area contributed by atoms with Crippen LogP contribution in [0.15, 0.2) is 23.1 Å². The molecule has 0 radical (unpaired) electrons. The van der Waals surface area contributed by atoms with Crippen molar-refractivity contribution in [3.05, 3.63) is 23.8 Å². The Labute approximate surface area is 127 Å². The van der Waals surface area contributed by atoms with Crippen molar-refractivity contribution in [2.75, 3.05) is 26.9 Å². The van der Waals surface area contributed by atoms with Crippen LogP contribution < -0.4 is 4.74 Å². The molecule has 1 aromatic rings. The van der Waals surface area contributed by atoms with Gasteiger partial charge < -0.3 is 9.47 Å². The quantitative estimate of drug-likeness (QED) is 0.691. The van der Waals surface area contributed by atoms with Crippen molar-refractivity contribution in [2.45, 2.75) is 38.6 Å². The summed E-state index contributed by atoms with van der Waals surface area (Å²) in [5, 5.41) is 0. The van der Waals surface area contributed by atoms with Crippen molar-refractivity contribution in [1.82, 2.24) is 4.31 Å². The summed E-state index contributed by atoms with van der Waals surface area (Å²) in [5.74, 6) is 0.679. The molecule has 5 nitrogen and oxygen atoms in total. The molecule has 0 fully saturated rings. The maximum absolute atomic E-state index is 12.6. The SMILES string of the molecule is CCN(C(C)C)S(=O)(=O)c1ccc(OCCOC)c(C)c1. The molecule has 0 aliphatic rings. The molecule has 0 unspecified atom stereocenters. The van der Waals surface area contributed by atoms with Crippen LogP contribution >= 0.6 is 0 Å². The number of aryl methyl sites for hydroxylation is 1. The van der Waals surface area contributed by atoms with E-state index in [-0.39, 0.29) is 6.04 Å². The number of hydrogen-bond acceptors (Lipinski definition) is 4. The summed E-state index contributed by atoms with van der Waals surface area (Å²) in [6.07, 6.45) is 0. The lowest BCUT2D eigenvalue weighted by Crippen LogP contribution is -2.36. The highest BCUT2D eigenvalue weighted by Gasteiger charge is 2.25. The van der Waals surface area contributed by atoms with Crippen molar-refractivity contribution >= 4 is 10.0 Å². The first kappa shape index (κ1) is 17.9. The summed E-state index contributed by atoms with van der Waals surface area (Å²) >= 11 is 0. The third kappa shape index (κ3) is 4.43. The van der Waals surface area contributed by atoms with E-state index in [0.717, 1.165) is 5.56 Å².